The molecule has 1 heterocycles. The highest BCUT2D eigenvalue weighted by molar-refractivity contribution is 9.10. The van der Waals surface area contributed by atoms with Crippen LogP contribution in [0.15, 0.2) is 34.9 Å². The number of nitrogens with zero attached hydrogens (tertiary/aromatic N) is 3. The third-order valence-electron chi connectivity index (χ3n) is 2.53. The summed E-state index contributed by atoms with van der Waals surface area (Å²) in [5, 5.41) is 4.33. The number of hydrogen-bond acceptors (Lipinski definition) is 3. The Morgan fingerprint density at radius 2 is 2.00 bits per heavy atom. The molecule has 5 heteroatoms. The summed E-state index contributed by atoms with van der Waals surface area (Å²) in [5.74, 6) is 0.815. The average molecular weight is 295 g/mol. The van der Waals surface area contributed by atoms with Crippen molar-refractivity contribution in [2.75, 3.05) is 17.7 Å². The Hall–Kier alpha value is -1.49. The number of rotatable bonds is 3. The molecule has 2 aromatic rings. The third kappa shape index (κ3) is 2.79. The number of anilines is 2. The van der Waals surface area contributed by atoms with E-state index in [0.29, 0.717) is 5.69 Å². The van der Waals surface area contributed by atoms with Crippen LogP contribution in [0.5, 0.6) is 0 Å². The molecule has 2 rings (SSSR count). The number of aryl methyl sites for hydroxylation is 1. The normalized spacial score (nSPS) is 10.5. The van der Waals surface area contributed by atoms with E-state index in [-0.39, 0.29) is 0 Å². The Balaban J connectivity index is 2.14. The van der Waals surface area contributed by atoms with E-state index in [9.17, 15) is 0 Å². The fourth-order valence-corrected chi connectivity index (χ4v) is 1.99. The SMILES string of the molecule is CN(Cc1ccc(Br)cc1)c1nn(C)cc1N. The molecule has 0 fully saturated rings. The lowest BCUT2D eigenvalue weighted by Gasteiger charge is -2.17. The van der Waals surface area contributed by atoms with Gasteiger partial charge in [0.25, 0.3) is 0 Å². The van der Waals surface area contributed by atoms with Crippen molar-refractivity contribution < 1.29 is 0 Å². The van der Waals surface area contributed by atoms with Gasteiger partial charge in [-0.1, -0.05) is 28.1 Å². The van der Waals surface area contributed by atoms with Crippen LogP contribution >= 0.6 is 15.9 Å². The summed E-state index contributed by atoms with van der Waals surface area (Å²) in [6.45, 7) is 0.786. The molecule has 0 amide bonds. The molecule has 0 aliphatic carbocycles. The molecule has 0 bridgehead atoms. The van der Waals surface area contributed by atoms with Crippen LogP contribution in [0.25, 0.3) is 0 Å². The summed E-state index contributed by atoms with van der Waals surface area (Å²) in [6, 6.07) is 8.23. The molecule has 0 radical (unpaired) electrons. The second kappa shape index (κ2) is 4.79. The third-order valence-corrected chi connectivity index (χ3v) is 3.06. The van der Waals surface area contributed by atoms with E-state index in [0.717, 1.165) is 16.8 Å². The van der Waals surface area contributed by atoms with Gasteiger partial charge in [0.1, 0.15) is 0 Å². The largest absolute Gasteiger partial charge is 0.394 e. The molecule has 4 nitrogen and oxygen atoms in total. The predicted octanol–water partition coefficient (Wildman–Crippen LogP) is 2.40. The van der Waals surface area contributed by atoms with Gasteiger partial charge in [-0.25, -0.2) is 0 Å². The summed E-state index contributed by atoms with van der Waals surface area (Å²) < 4.78 is 2.81. The van der Waals surface area contributed by atoms with Crippen LogP contribution in [-0.2, 0) is 13.6 Å². The smallest absolute Gasteiger partial charge is 0.173 e. The Bertz CT molecular complexity index is 504. The van der Waals surface area contributed by atoms with Crippen molar-refractivity contribution in [1.82, 2.24) is 9.78 Å². The van der Waals surface area contributed by atoms with Gasteiger partial charge >= 0.3 is 0 Å². The van der Waals surface area contributed by atoms with E-state index >= 15 is 0 Å². The highest BCUT2D eigenvalue weighted by atomic mass is 79.9. The molecule has 0 aliphatic rings. The van der Waals surface area contributed by atoms with Gasteiger partial charge in [-0.3, -0.25) is 4.68 Å². The zero-order valence-electron chi connectivity index (χ0n) is 9.89. The molecule has 0 unspecified atom stereocenters. The van der Waals surface area contributed by atoms with E-state index in [4.69, 9.17) is 5.73 Å². The van der Waals surface area contributed by atoms with Crippen LogP contribution in [0, 0.1) is 0 Å². The summed E-state index contributed by atoms with van der Waals surface area (Å²) >= 11 is 3.42. The van der Waals surface area contributed by atoms with Crippen molar-refractivity contribution >= 4 is 27.4 Å². The van der Waals surface area contributed by atoms with Crippen LogP contribution in [0.4, 0.5) is 11.5 Å². The van der Waals surface area contributed by atoms with E-state index in [1.807, 2.05) is 37.3 Å². The van der Waals surface area contributed by atoms with Crippen molar-refractivity contribution in [3.63, 3.8) is 0 Å². The molecule has 0 atom stereocenters. The van der Waals surface area contributed by atoms with E-state index in [2.05, 4.69) is 33.2 Å². The first-order chi connectivity index (χ1) is 8.06. The lowest BCUT2D eigenvalue weighted by atomic mass is 10.2. The average Bonchev–Trinajstić information content (AvgIpc) is 2.61. The van der Waals surface area contributed by atoms with Crippen LogP contribution in [0.3, 0.4) is 0 Å². The first kappa shape index (κ1) is 12.0. The van der Waals surface area contributed by atoms with E-state index in [1.165, 1.54) is 5.56 Å². The molecule has 90 valence electrons. The quantitative estimate of drug-likeness (QED) is 0.946. The minimum Gasteiger partial charge on any atom is -0.394 e. The van der Waals surface area contributed by atoms with Crippen LogP contribution < -0.4 is 10.6 Å². The van der Waals surface area contributed by atoms with Crippen molar-refractivity contribution in [2.45, 2.75) is 6.54 Å². The van der Waals surface area contributed by atoms with Crippen LogP contribution in [0.1, 0.15) is 5.56 Å². The number of nitrogens with two attached hydrogens (primary N) is 1. The van der Waals surface area contributed by atoms with Crippen molar-refractivity contribution in [2.24, 2.45) is 7.05 Å². The van der Waals surface area contributed by atoms with Crippen molar-refractivity contribution in [1.29, 1.82) is 0 Å². The van der Waals surface area contributed by atoms with Gasteiger partial charge in [-0.15, -0.1) is 0 Å². The van der Waals surface area contributed by atoms with Gasteiger partial charge in [0.05, 0.1) is 5.69 Å². The maximum Gasteiger partial charge on any atom is 0.173 e. The number of aromatic nitrogens is 2. The Kier molecular flexibility index (Phi) is 3.38. The Labute approximate surface area is 109 Å². The fourth-order valence-electron chi connectivity index (χ4n) is 1.73. The van der Waals surface area contributed by atoms with Gasteiger partial charge < -0.3 is 10.6 Å². The second-order valence-electron chi connectivity index (χ2n) is 4.06. The topological polar surface area (TPSA) is 47.1 Å². The minimum atomic E-state index is 0.701. The molecule has 0 aliphatic heterocycles. The Morgan fingerprint density at radius 1 is 1.35 bits per heavy atom. The molecule has 1 aromatic carbocycles. The molecular formula is C12H15BrN4. The second-order valence-corrected chi connectivity index (χ2v) is 4.98. The maximum absolute atomic E-state index is 5.89. The Morgan fingerprint density at radius 3 is 2.53 bits per heavy atom. The standard InChI is InChI=1S/C12H15BrN4/c1-16(12-11(14)8-17(2)15-12)7-9-3-5-10(13)6-4-9/h3-6,8H,7,14H2,1-2H3. The minimum absolute atomic E-state index is 0.701. The highest BCUT2D eigenvalue weighted by Gasteiger charge is 2.09. The molecule has 0 saturated heterocycles. The monoisotopic (exact) mass is 294 g/mol. The highest BCUT2D eigenvalue weighted by Crippen LogP contribution is 2.21. The van der Waals surface area contributed by atoms with Gasteiger partial charge in [0.2, 0.25) is 0 Å². The molecule has 2 N–H and O–H groups in total. The van der Waals surface area contributed by atoms with Gasteiger partial charge in [0.15, 0.2) is 5.82 Å². The summed E-state index contributed by atoms with van der Waals surface area (Å²) in [4.78, 5) is 2.04. The van der Waals surface area contributed by atoms with Gasteiger partial charge in [0, 0.05) is 31.3 Å². The summed E-state index contributed by atoms with van der Waals surface area (Å²) in [6.07, 6.45) is 1.81. The van der Waals surface area contributed by atoms with Crippen molar-refractivity contribution in [3.8, 4) is 0 Å². The zero-order valence-corrected chi connectivity index (χ0v) is 11.5. The first-order valence-electron chi connectivity index (χ1n) is 5.31. The van der Waals surface area contributed by atoms with Crippen LogP contribution in [0.2, 0.25) is 0 Å². The van der Waals surface area contributed by atoms with Crippen molar-refractivity contribution in [3.05, 3.63) is 40.5 Å². The fraction of sp³-hybridized carbons (Fsp3) is 0.250. The first-order valence-corrected chi connectivity index (χ1v) is 6.10. The van der Waals surface area contributed by atoms with E-state index < -0.39 is 0 Å². The molecule has 0 spiro atoms. The van der Waals surface area contributed by atoms with Gasteiger partial charge in [-0.2, -0.15) is 5.10 Å². The lowest BCUT2D eigenvalue weighted by Crippen LogP contribution is -2.18. The van der Waals surface area contributed by atoms with E-state index in [1.54, 1.807) is 4.68 Å². The number of nitrogen functional groups attached to an aromatic ring is 1. The zero-order chi connectivity index (χ0) is 12.4. The summed E-state index contributed by atoms with van der Waals surface area (Å²) in [7, 11) is 3.86. The summed E-state index contributed by atoms with van der Waals surface area (Å²) in [5.41, 5.74) is 7.81. The molecule has 1 aromatic heterocycles. The predicted molar refractivity (Wildman–Crippen MR) is 73.9 cm³/mol. The van der Waals surface area contributed by atoms with Gasteiger partial charge in [-0.05, 0) is 17.7 Å². The molecule has 0 saturated carbocycles. The maximum atomic E-state index is 5.89. The molecule has 17 heavy (non-hydrogen) atoms. The number of hydrogen-bond donors (Lipinski definition) is 1. The van der Waals surface area contributed by atoms with Crippen LogP contribution in [-0.4, -0.2) is 16.8 Å². The number of halogens is 1. The molecular weight excluding hydrogens is 280 g/mol. The lowest BCUT2D eigenvalue weighted by molar-refractivity contribution is 0.752. The number of benzene rings is 1.